The first-order valence-corrected chi connectivity index (χ1v) is 7.35. The Morgan fingerprint density at radius 3 is 3.05 bits per heavy atom. The third-order valence-corrected chi connectivity index (χ3v) is 3.61. The average Bonchev–Trinajstić information content (AvgIpc) is 2.95. The van der Waals surface area contributed by atoms with E-state index in [1.54, 1.807) is 18.3 Å². The molecule has 6 heteroatoms. The first-order chi connectivity index (χ1) is 10.7. The van der Waals surface area contributed by atoms with Crippen LogP contribution in [-0.4, -0.2) is 30.1 Å². The van der Waals surface area contributed by atoms with E-state index >= 15 is 0 Å². The number of hydrogen-bond donors (Lipinski definition) is 1. The predicted octanol–water partition coefficient (Wildman–Crippen LogP) is 2.23. The molecule has 22 heavy (non-hydrogen) atoms. The normalized spacial score (nSPS) is 15.8. The van der Waals surface area contributed by atoms with E-state index < -0.39 is 0 Å². The smallest absolute Gasteiger partial charge is 0.258 e. The second-order valence-electron chi connectivity index (χ2n) is 4.94. The number of carbonyl (C=O) groups is 1. The van der Waals surface area contributed by atoms with Gasteiger partial charge in [-0.3, -0.25) is 4.79 Å². The number of amides is 1. The van der Waals surface area contributed by atoms with Gasteiger partial charge in [-0.05, 0) is 23.8 Å². The van der Waals surface area contributed by atoms with Crippen LogP contribution in [0.2, 0.25) is 5.15 Å². The Morgan fingerprint density at radius 2 is 2.23 bits per heavy atom. The first kappa shape index (κ1) is 14.7. The number of para-hydroxylation sites is 1. The van der Waals surface area contributed by atoms with Gasteiger partial charge in [-0.15, -0.1) is 0 Å². The highest BCUT2D eigenvalue weighted by Crippen LogP contribution is 2.27. The number of halogens is 1. The highest BCUT2D eigenvalue weighted by molar-refractivity contribution is 6.30. The fourth-order valence-electron chi connectivity index (χ4n) is 2.27. The number of hydrogen-bond acceptors (Lipinski definition) is 4. The molecule has 1 aliphatic rings. The van der Waals surface area contributed by atoms with Crippen molar-refractivity contribution in [3.05, 3.63) is 53.3 Å². The Labute approximate surface area is 133 Å². The van der Waals surface area contributed by atoms with Crippen LogP contribution in [0.1, 0.15) is 5.56 Å². The number of carbonyl (C=O) groups excluding carboxylic acids is 1. The minimum Gasteiger partial charge on any atom is -0.488 e. The summed E-state index contributed by atoms with van der Waals surface area (Å²) in [6, 6.07) is 11.2. The van der Waals surface area contributed by atoms with Gasteiger partial charge in [0.2, 0.25) is 0 Å². The van der Waals surface area contributed by atoms with Crippen molar-refractivity contribution in [2.75, 3.05) is 13.2 Å². The molecule has 0 radical (unpaired) electrons. The van der Waals surface area contributed by atoms with Crippen LogP contribution in [0, 0.1) is 0 Å². The third-order valence-electron chi connectivity index (χ3n) is 3.32. The van der Waals surface area contributed by atoms with Gasteiger partial charge >= 0.3 is 0 Å². The number of pyridine rings is 1. The highest BCUT2D eigenvalue weighted by atomic mass is 35.5. The summed E-state index contributed by atoms with van der Waals surface area (Å²) in [5.41, 5.74) is 1.17. The van der Waals surface area contributed by atoms with Gasteiger partial charge in [-0.25, -0.2) is 4.98 Å². The molecule has 0 fully saturated rings. The average molecular weight is 319 g/mol. The Balaban J connectivity index is 1.43. The van der Waals surface area contributed by atoms with Gasteiger partial charge in [0.05, 0.1) is 6.54 Å². The summed E-state index contributed by atoms with van der Waals surface area (Å²) in [7, 11) is 0. The molecule has 114 valence electrons. The molecule has 0 spiro atoms. The minimum absolute atomic E-state index is 0.0386. The summed E-state index contributed by atoms with van der Waals surface area (Å²) in [6.45, 7) is 0.336. The topological polar surface area (TPSA) is 60.5 Å². The van der Waals surface area contributed by atoms with Crippen molar-refractivity contribution in [3.63, 3.8) is 0 Å². The fraction of sp³-hybridized carbons (Fsp3) is 0.250. The number of nitrogens with one attached hydrogen (secondary N) is 1. The van der Waals surface area contributed by atoms with Crippen molar-refractivity contribution in [2.45, 2.75) is 12.5 Å². The molecule has 1 atom stereocenters. The molecule has 0 bridgehead atoms. The second kappa shape index (κ2) is 6.66. The van der Waals surface area contributed by atoms with Crippen LogP contribution in [0.5, 0.6) is 11.5 Å². The van der Waals surface area contributed by atoms with E-state index in [9.17, 15) is 4.79 Å². The van der Waals surface area contributed by atoms with Gasteiger partial charge in [-0.1, -0.05) is 29.8 Å². The molecule has 0 aliphatic carbocycles. The summed E-state index contributed by atoms with van der Waals surface area (Å²) in [5, 5.41) is 3.04. The molecule has 1 aliphatic heterocycles. The molecular weight excluding hydrogens is 304 g/mol. The van der Waals surface area contributed by atoms with Crippen molar-refractivity contribution in [2.24, 2.45) is 0 Å². The number of ether oxygens (including phenoxy) is 2. The zero-order valence-corrected chi connectivity index (χ0v) is 12.5. The van der Waals surface area contributed by atoms with Gasteiger partial charge in [0, 0.05) is 12.6 Å². The van der Waals surface area contributed by atoms with Crippen molar-refractivity contribution in [1.29, 1.82) is 0 Å². The summed E-state index contributed by atoms with van der Waals surface area (Å²) >= 11 is 5.85. The maximum Gasteiger partial charge on any atom is 0.258 e. The van der Waals surface area contributed by atoms with Crippen molar-refractivity contribution in [3.8, 4) is 11.5 Å². The predicted molar refractivity (Wildman–Crippen MR) is 82.3 cm³/mol. The molecule has 5 nitrogen and oxygen atoms in total. The molecule has 0 unspecified atom stereocenters. The van der Waals surface area contributed by atoms with Crippen LogP contribution in [0.15, 0.2) is 42.6 Å². The summed E-state index contributed by atoms with van der Waals surface area (Å²) in [5.74, 6) is 1.06. The molecule has 3 rings (SSSR count). The molecular formula is C16H15ClN2O3. The van der Waals surface area contributed by atoms with E-state index in [2.05, 4.69) is 10.3 Å². The Bertz CT molecular complexity index is 653. The molecule has 0 saturated carbocycles. The van der Waals surface area contributed by atoms with Crippen LogP contribution in [-0.2, 0) is 11.2 Å². The van der Waals surface area contributed by atoms with E-state index in [0.717, 1.165) is 12.2 Å². The molecule has 1 amide bonds. The maximum atomic E-state index is 11.8. The van der Waals surface area contributed by atoms with Crippen LogP contribution < -0.4 is 14.8 Å². The standard InChI is InChI=1S/C16H15ClN2O3/c17-16-14(6-3-7-18-16)21-10-15(20)19-9-12-8-11-4-1-2-5-13(11)22-12/h1-7,12H,8-10H2,(H,19,20)/t12-/m0/s1. The van der Waals surface area contributed by atoms with Crippen LogP contribution in [0.25, 0.3) is 0 Å². The lowest BCUT2D eigenvalue weighted by molar-refractivity contribution is -0.123. The maximum absolute atomic E-state index is 11.8. The van der Waals surface area contributed by atoms with Crippen LogP contribution >= 0.6 is 11.6 Å². The first-order valence-electron chi connectivity index (χ1n) is 6.97. The monoisotopic (exact) mass is 318 g/mol. The van der Waals surface area contributed by atoms with E-state index in [1.165, 1.54) is 5.56 Å². The molecule has 1 aromatic carbocycles. The summed E-state index contributed by atoms with van der Waals surface area (Å²) in [4.78, 5) is 15.7. The Kier molecular flexibility index (Phi) is 4.44. The van der Waals surface area contributed by atoms with E-state index in [-0.39, 0.29) is 23.8 Å². The number of nitrogens with zero attached hydrogens (tertiary/aromatic N) is 1. The van der Waals surface area contributed by atoms with Gasteiger partial charge in [0.15, 0.2) is 17.5 Å². The lowest BCUT2D eigenvalue weighted by Crippen LogP contribution is -2.37. The number of fused-ring (bicyclic) bond motifs is 1. The van der Waals surface area contributed by atoms with Gasteiger partial charge in [0.25, 0.3) is 5.91 Å². The van der Waals surface area contributed by atoms with E-state index in [0.29, 0.717) is 12.3 Å². The molecule has 2 aromatic rings. The van der Waals surface area contributed by atoms with Crippen molar-refractivity contribution in [1.82, 2.24) is 10.3 Å². The lowest BCUT2D eigenvalue weighted by atomic mass is 10.1. The number of rotatable bonds is 5. The van der Waals surface area contributed by atoms with E-state index in [4.69, 9.17) is 21.1 Å². The number of aromatic nitrogens is 1. The van der Waals surface area contributed by atoms with Gasteiger partial charge in [0.1, 0.15) is 11.9 Å². The summed E-state index contributed by atoms with van der Waals surface area (Å²) < 4.78 is 11.1. The largest absolute Gasteiger partial charge is 0.488 e. The second-order valence-corrected chi connectivity index (χ2v) is 5.29. The van der Waals surface area contributed by atoms with Crippen LogP contribution in [0.3, 0.4) is 0 Å². The Hall–Kier alpha value is -2.27. The molecule has 0 saturated heterocycles. The Morgan fingerprint density at radius 1 is 1.36 bits per heavy atom. The molecule has 1 aromatic heterocycles. The third kappa shape index (κ3) is 3.49. The van der Waals surface area contributed by atoms with Gasteiger partial charge < -0.3 is 14.8 Å². The molecule has 1 N–H and O–H groups in total. The zero-order chi connectivity index (χ0) is 15.4. The summed E-state index contributed by atoms with van der Waals surface area (Å²) in [6.07, 6.45) is 2.32. The van der Waals surface area contributed by atoms with Crippen molar-refractivity contribution < 1.29 is 14.3 Å². The van der Waals surface area contributed by atoms with Crippen molar-refractivity contribution >= 4 is 17.5 Å². The van der Waals surface area contributed by atoms with Gasteiger partial charge in [-0.2, -0.15) is 0 Å². The SMILES string of the molecule is O=C(COc1cccnc1Cl)NC[C@@H]1Cc2ccccc2O1. The molecule has 2 heterocycles. The zero-order valence-electron chi connectivity index (χ0n) is 11.8. The number of benzene rings is 1. The lowest BCUT2D eigenvalue weighted by Gasteiger charge is -2.12. The highest BCUT2D eigenvalue weighted by Gasteiger charge is 2.22. The van der Waals surface area contributed by atoms with Crippen LogP contribution in [0.4, 0.5) is 0 Å². The quantitative estimate of drug-likeness (QED) is 0.859. The van der Waals surface area contributed by atoms with E-state index in [1.807, 2.05) is 24.3 Å². The minimum atomic E-state index is -0.223. The fourth-order valence-corrected chi connectivity index (χ4v) is 2.44.